The fraction of sp³-hybridized carbons (Fsp3) is 0.464. The van der Waals surface area contributed by atoms with E-state index in [9.17, 15) is 14.4 Å². The SMILES string of the molecule is CC.CC(=O)c1ccc(-c2ccc(C)cc2)cc1.CCC.CCO.CNC(=O)C(C)C(C)=O. The maximum absolute atomic E-state index is 11.1. The van der Waals surface area contributed by atoms with Crippen LogP contribution in [0.5, 0.6) is 0 Å². The maximum atomic E-state index is 11.1. The van der Waals surface area contributed by atoms with Crippen molar-refractivity contribution in [2.75, 3.05) is 13.7 Å². The van der Waals surface area contributed by atoms with Gasteiger partial charge in [0.1, 0.15) is 5.78 Å². The molecule has 186 valence electrons. The Hall–Kier alpha value is -2.79. The number of hydrogen-bond donors (Lipinski definition) is 2. The Morgan fingerprint density at radius 1 is 0.848 bits per heavy atom. The molecule has 2 rings (SSSR count). The lowest BCUT2D eigenvalue weighted by atomic mass is 10.0. The largest absolute Gasteiger partial charge is 0.397 e. The summed E-state index contributed by atoms with van der Waals surface area (Å²) in [6, 6.07) is 16.1. The number of carbonyl (C=O) groups excluding carboxylic acids is 3. The van der Waals surface area contributed by atoms with Crippen molar-refractivity contribution in [3.05, 3.63) is 59.7 Å². The normalized spacial score (nSPS) is 9.55. The zero-order valence-electron chi connectivity index (χ0n) is 22.3. The van der Waals surface area contributed by atoms with E-state index in [1.807, 2.05) is 38.1 Å². The maximum Gasteiger partial charge on any atom is 0.230 e. The lowest BCUT2D eigenvalue weighted by Gasteiger charge is -2.03. The van der Waals surface area contributed by atoms with E-state index in [-0.39, 0.29) is 24.1 Å². The number of ketones is 2. The Labute approximate surface area is 201 Å². The Morgan fingerprint density at radius 3 is 1.42 bits per heavy atom. The molecule has 5 nitrogen and oxygen atoms in total. The first-order valence-corrected chi connectivity index (χ1v) is 11.6. The van der Waals surface area contributed by atoms with Gasteiger partial charge in [-0.05, 0) is 45.7 Å². The lowest BCUT2D eigenvalue weighted by molar-refractivity contribution is -0.131. The fourth-order valence-electron chi connectivity index (χ4n) is 2.04. The highest BCUT2D eigenvalue weighted by molar-refractivity contribution is 5.99. The van der Waals surface area contributed by atoms with E-state index in [1.165, 1.54) is 31.5 Å². The summed E-state index contributed by atoms with van der Waals surface area (Å²) in [6.07, 6.45) is 1.25. The third-order valence-corrected chi connectivity index (χ3v) is 3.93. The number of nitrogens with one attached hydrogen (secondary N) is 1. The molecule has 0 aromatic heterocycles. The first kappa shape index (κ1) is 34.8. The summed E-state index contributed by atoms with van der Waals surface area (Å²) in [5.74, 6) is -0.720. The van der Waals surface area contributed by atoms with Crippen LogP contribution in [0.2, 0.25) is 0 Å². The molecule has 0 heterocycles. The molecule has 2 aromatic rings. The van der Waals surface area contributed by atoms with Gasteiger partial charge in [0.25, 0.3) is 0 Å². The standard InChI is InChI=1S/C15H14O.C6H11NO2.C3H8.C2H6O.C2H6/c1-11-3-5-14(6-4-11)15-9-7-13(8-10-15)12(2)16;1-4(5(2)8)6(9)7-3;1-3-2;1-2-3;1-2/h3-10H,1-2H3;4H,1-3H3,(H,7,9);3H2,1-2H3;3H,2H2,1H3;1-2H3. The monoisotopic (exact) mass is 459 g/mol. The molecule has 5 heteroatoms. The van der Waals surface area contributed by atoms with E-state index in [2.05, 4.69) is 50.4 Å². The van der Waals surface area contributed by atoms with Gasteiger partial charge in [-0.2, -0.15) is 0 Å². The van der Waals surface area contributed by atoms with Crippen molar-refractivity contribution >= 4 is 17.5 Å². The molecule has 0 bridgehead atoms. The highest BCUT2D eigenvalue weighted by Gasteiger charge is 2.14. The van der Waals surface area contributed by atoms with Crippen LogP contribution in [0.4, 0.5) is 0 Å². The Morgan fingerprint density at radius 2 is 1.18 bits per heavy atom. The average Bonchev–Trinajstić information content (AvgIpc) is 2.81. The quantitative estimate of drug-likeness (QED) is 0.417. The number of carbonyl (C=O) groups is 3. The van der Waals surface area contributed by atoms with Gasteiger partial charge >= 0.3 is 0 Å². The third-order valence-electron chi connectivity index (χ3n) is 3.93. The predicted octanol–water partition coefficient (Wildman–Crippen LogP) is 6.26. The number of aliphatic hydroxyl groups excluding tert-OH is 1. The van der Waals surface area contributed by atoms with Gasteiger partial charge < -0.3 is 10.4 Å². The van der Waals surface area contributed by atoms with Crippen LogP contribution in [0.25, 0.3) is 11.1 Å². The Bertz CT molecular complexity index is 763. The van der Waals surface area contributed by atoms with Crippen molar-refractivity contribution < 1.29 is 19.5 Å². The van der Waals surface area contributed by atoms with Gasteiger partial charge in [-0.3, -0.25) is 14.4 Å². The highest BCUT2D eigenvalue weighted by Crippen LogP contribution is 2.20. The molecule has 2 aromatic carbocycles. The summed E-state index contributed by atoms with van der Waals surface area (Å²) >= 11 is 0. The number of hydrogen-bond acceptors (Lipinski definition) is 4. The topological polar surface area (TPSA) is 83.5 Å². The van der Waals surface area contributed by atoms with E-state index in [1.54, 1.807) is 20.8 Å². The van der Waals surface area contributed by atoms with Crippen LogP contribution in [0.3, 0.4) is 0 Å². The van der Waals surface area contributed by atoms with Crippen LogP contribution in [0.1, 0.15) is 77.7 Å². The number of Topliss-reactive ketones (excluding diaryl/α,β-unsaturated/α-hetero) is 2. The molecule has 0 saturated carbocycles. The zero-order valence-corrected chi connectivity index (χ0v) is 22.3. The number of rotatable bonds is 4. The predicted molar refractivity (Wildman–Crippen MR) is 141 cm³/mol. The van der Waals surface area contributed by atoms with Crippen LogP contribution >= 0.6 is 0 Å². The fourth-order valence-corrected chi connectivity index (χ4v) is 2.04. The summed E-state index contributed by atoms with van der Waals surface area (Å²) in [6.45, 7) is 16.8. The first-order valence-electron chi connectivity index (χ1n) is 11.6. The molecule has 33 heavy (non-hydrogen) atoms. The van der Waals surface area contributed by atoms with E-state index >= 15 is 0 Å². The molecule has 0 spiro atoms. The second-order valence-corrected chi connectivity index (χ2v) is 6.97. The minimum atomic E-state index is -0.505. The van der Waals surface area contributed by atoms with Crippen molar-refractivity contribution in [1.29, 1.82) is 0 Å². The van der Waals surface area contributed by atoms with Crippen molar-refractivity contribution in [1.82, 2.24) is 5.32 Å². The van der Waals surface area contributed by atoms with Gasteiger partial charge in [-0.1, -0.05) is 88.2 Å². The Kier molecular flexibility index (Phi) is 23.6. The van der Waals surface area contributed by atoms with Gasteiger partial charge in [0.2, 0.25) is 5.91 Å². The summed E-state index contributed by atoms with van der Waals surface area (Å²) < 4.78 is 0. The molecule has 0 aliphatic heterocycles. The molecule has 0 fully saturated rings. The van der Waals surface area contributed by atoms with Crippen molar-refractivity contribution in [3.8, 4) is 11.1 Å². The minimum absolute atomic E-state index is 0.102. The molecule has 0 radical (unpaired) electrons. The molecule has 1 atom stereocenters. The molecule has 1 unspecified atom stereocenters. The molecule has 2 N–H and O–H groups in total. The average molecular weight is 460 g/mol. The molecular formula is C28H45NO4. The van der Waals surface area contributed by atoms with Crippen molar-refractivity contribution in [3.63, 3.8) is 0 Å². The van der Waals surface area contributed by atoms with Crippen molar-refractivity contribution in [2.24, 2.45) is 5.92 Å². The summed E-state index contributed by atoms with van der Waals surface area (Å²) in [4.78, 5) is 32.2. The molecule has 0 saturated heterocycles. The van der Waals surface area contributed by atoms with E-state index in [4.69, 9.17) is 5.11 Å². The number of aryl methyl sites for hydroxylation is 1. The van der Waals surface area contributed by atoms with E-state index in [0.29, 0.717) is 0 Å². The smallest absolute Gasteiger partial charge is 0.230 e. The second-order valence-electron chi connectivity index (χ2n) is 6.97. The van der Waals surface area contributed by atoms with Gasteiger partial charge in [0.05, 0.1) is 5.92 Å². The van der Waals surface area contributed by atoms with Gasteiger partial charge in [-0.15, -0.1) is 0 Å². The molecular weight excluding hydrogens is 414 g/mol. The lowest BCUT2D eigenvalue weighted by Crippen LogP contribution is -2.29. The Balaban J connectivity index is -0.000000450. The summed E-state index contributed by atoms with van der Waals surface area (Å²) in [5, 5.41) is 9.96. The van der Waals surface area contributed by atoms with Crippen LogP contribution in [-0.4, -0.2) is 36.2 Å². The number of amides is 1. The molecule has 0 aliphatic rings. The van der Waals surface area contributed by atoms with Crippen LogP contribution < -0.4 is 5.32 Å². The second kappa shape index (κ2) is 22.4. The highest BCUT2D eigenvalue weighted by atomic mass is 16.2. The first-order chi connectivity index (χ1) is 15.6. The molecule has 1 amide bonds. The number of aliphatic hydroxyl groups is 1. The van der Waals surface area contributed by atoms with Gasteiger partial charge in [-0.25, -0.2) is 0 Å². The summed E-state index contributed by atoms with van der Waals surface area (Å²) in [5.41, 5.74) is 4.34. The van der Waals surface area contributed by atoms with Crippen LogP contribution in [0, 0.1) is 12.8 Å². The van der Waals surface area contributed by atoms with E-state index < -0.39 is 5.92 Å². The molecule has 0 aliphatic carbocycles. The zero-order chi connectivity index (χ0) is 26.4. The third kappa shape index (κ3) is 17.4. The van der Waals surface area contributed by atoms with Crippen LogP contribution in [0.15, 0.2) is 48.5 Å². The summed E-state index contributed by atoms with van der Waals surface area (Å²) in [7, 11) is 1.52. The van der Waals surface area contributed by atoms with Gasteiger partial charge in [0.15, 0.2) is 5.78 Å². The number of benzene rings is 2. The van der Waals surface area contributed by atoms with Crippen LogP contribution in [-0.2, 0) is 9.59 Å². The minimum Gasteiger partial charge on any atom is -0.397 e. The van der Waals surface area contributed by atoms with E-state index in [0.717, 1.165) is 11.1 Å². The van der Waals surface area contributed by atoms with Crippen molar-refractivity contribution in [2.45, 2.75) is 68.7 Å². The van der Waals surface area contributed by atoms with Gasteiger partial charge in [0, 0.05) is 19.2 Å².